The highest BCUT2D eigenvalue weighted by molar-refractivity contribution is 5.93. The number of carbonyl (C=O) groups is 1. The maximum Gasteiger partial charge on any atom is 0.227 e. The van der Waals surface area contributed by atoms with Crippen molar-refractivity contribution in [3.8, 4) is 11.5 Å². The van der Waals surface area contributed by atoms with Crippen molar-refractivity contribution in [2.75, 3.05) is 4.90 Å². The molecule has 1 amide bonds. The average Bonchev–Trinajstić information content (AvgIpc) is 2.68. The van der Waals surface area contributed by atoms with E-state index < -0.39 is 0 Å². The molecule has 1 aromatic heterocycles. The molecule has 3 rings (SSSR count). The molecule has 4 heteroatoms. The number of pyridine rings is 1. The molecular formula is C21H20N2O2. The lowest BCUT2D eigenvalue weighted by Crippen LogP contribution is -2.29. The molecule has 4 nitrogen and oxygen atoms in total. The number of hydrogen-bond donors (Lipinski definition) is 0. The molecule has 0 fully saturated rings. The van der Waals surface area contributed by atoms with Crippen LogP contribution in [0.1, 0.15) is 18.9 Å². The van der Waals surface area contributed by atoms with Crippen molar-refractivity contribution in [2.24, 2.45) is 0 Å². The zero-order chi connectivity index (χ0) is 17.5. The number of para-hydroxylation sites is 1. The van der Waals surface area contributed by atoms with Crippen LogP contribution >= 0.6 is 0 Å². The number of aromatic nitrogens is 1. The molecule has 3 aromatic rings. The van der Waals surface area contributed by atoms with E-state index in [9.17, 15) is 4.79 Å². The summed E-state index contributed by atoms with van der Waals surface area (Å²) in [6.45, 7) is 2.37. The Labute approximate surface area is 147 Å². The third kappa shape index (κ3) is 4.44. The lowest BCUT2D eigenvalue weighted by molar-refractivity contribution is -0.118. The summed E-state index contributed by atoms with van der Waals surface area (Å²) < 4.78 is 5.80. The average molecular weight is 332 g/mol. The third-order valence-corrected chi connectivity index (χ3v) is 3.79. The van der Waals surface area contributed by atoms with Crippen molar-refractivity contribution < 1.29 is 9.53 Å². The maximum atomic E-state index is 12.4. The molecule has 1 heterocycles. The number of amides is 1. The molecule has 0 unspecified atom stereocenters. The van der Waals surface area contributed by atoms with Crippen LogP contribution in [-0.2, 0) is 11.3 Å². The van der Waals surface area contributed by atoms with Gasteiger partial charge < -0.3 is 9.64 Å². The number of carbonyl (C=O) groups excluding carboxylic acids is 1. The predicted octanol–water partition coefficient (Wildman–Crippen LogP) is 4.82. The lowest BCUT2D eigenvalue weighted by Gasteiger charge is -2.22. The molecule has 0 N–H and O–H groups in total. The minimum absolute atomic E-state index is 0.0700. The number of nitrogens with zero attached hydrogens (tertiary/aromatic N) is 2. The van der Waals surface area contributed by atoms with Crippen LogP contribution in [0.3, 0.4) is 0 Å². The predicted molar refractivity (Wildman–Crippen MR) is 98.7 cm³/mol. The van der Waals surface area contributed by atoms with Crippen LogP contribution in [0.2, 0.25) is 0 Å². The Balaban J connectivity index is 1.78. The normalized spacial score (nSPS) is 10.3. The first-order valence-corrected chi connectivity index (χ1v) is 8.28. The highest BCUT2D eigenvalue weighted by Gasteiger charge is 2.14. The molecule has 0 bridgehead atoms. The molecule has 126 valence electrons. The first-order valence-electron chi connectivity index (χ1n) is 8.28. The lowest BCUT2D eigenvalue weighted by atomic mass is 10.2. The van der Waals surface area contributed by atoms with Crippen LogP contribution < -0.4 is 9.64 Å². The zero-order valence-electron chi connectivity index (χ0n) is 14.1. The van der Waals surface area contributed by atoms with E-state index in [-0.39, 0.29) is 5.91 Å². The van der Waals surface area contributed by atoms with Gasteiger partial charge in [-0.3, -0.25) is 9.78 Å². The Hall–Kier alpha value is -3.14. The number of anilines is 1. The van der Waals surface area contributed by atoms with Gasteiger partial charge in [0, 0.05) is 24.5 Å². The van der Waals surface area contributed by atoms with E-state index in [2.05, 4.69) is 4.98 Å². The van der Waals surface area contributed by atoms with E-state index in [0.717, 1.165) is 22.7 Å². The number of rotatable bonds is 6. The quantitative estimate of drug-likeness (QED) is 0.650. The van der Waals surface area contributed by atoms with Crippen LogP contribution in [0.5, 0.6) is 11.5 Å². The molecule has 0 spiro atoms. The number of ether oxygens (including phenoxy) is 1. The fraction of sp³-hybridized carbons (Fsp3) is 0.143. The van der Waals surface area contributed by atoms with Crippen LogP contribution in [-0.4, -0.2) is 10.9 Å². The van der Waals surface area contributed by atoms with Gasteiger partial charge in [0.05, 0.1) is 6.54 Å². The van der Waals surface area contributed by atoms with Gasteiger partial charge in [0.15, 0.2) is 0 Å². The molecule has 0 radical (unpaired) electrons. The first-order chi connectivity index (χ1) is 12.3. The zero-order valence-corrected chi connectivity index (χ0v) is 14.1. The Kier molecular flexibility index (Phi) is 5.42. The van der Waals surface area contributed by atoms with Crippen LogP contribution in [0.25, 0.3) is 0 Å². The maximum absolute atomic E-state index is 12.4. The van der Waals surface area contributed by atoms with Crippen molar-refractivity contribution in [2.45, 2.75) is 19.9 Å². The fourth-order valence-corrected chi connectivity index (χ4v) is 2.51. The van der Waals surface area contributed by atoms with Crippen molar-refractivity contribution in [3.63, 3.8) is 0 Å². The molecule has 0 aliphatic rings. The largest absolute Gasteiger partial charge is 0.457 e. The van der Waals surface area contributed by atoms with E-state index in [0.29, 0.717) is 13.0 Å². The van der Waals surface area contributed by atoms with E-state index >= 15 is 0 Å². The Morgan fingerprint density at radius 3 is 2.32 bits per heavy atom. The van der Waals surface area contributed by atoms with Gasteiger partial charge in [-0.1, -0.05) is 31.2 Å². The highest BCUT2D eigenvalue weighted by atomic mass is 16.5. The number of benzene rings is 2. The van der Waals surface area contributed by atoms with Crippen LogP contribution in [0, 0.1) is 0 Å². The third-order valence-electron chi connectivity index (χ3n) is 3.79. The van der Waals surface area contributed by atoms with Crippen molar-refractivity contribution in [1.82, 2.24) is 4.98 Å². The van der Waals surface area contributed by atoms with Crippen molar-refractivity contribution in [3.05, 3.63) is 84.7 Å². The summed E-state index contributed by atoms with van der Waals surface area (Å²) in [6, 6.07) is 21.0. The standard InChI is InChI=1S/C21H20N2O2/c1-2-21(24)23(16-17-7-6-14-22-15-17)18-10-12-20(13-11-18)25-19-8-4-3-5-9-19/h3-15H,2,16H2,1H3. The Bertz CT molecular complexity index is 802. The van der Waals surface area contributed by atoms with Gasteiger partial charge in [0.2, 0.25) is 5.91 Å². The minimum Gasteiger partial charge on any atom is -0.457 e. The summed E-state index contributed by atoms with van der Waals surface area (Å²) in [4.78, 5) is 18.3. The summed E-state index contributed by atoms with van der Waals surface area (Å²) >= 11 is 0. The summed E-state index contributed by atoms with van der Waals surface area (Å²) in [7, 11) is 0. The van der Waals surface area contributed by atoms with Crippen LogP contribution in [0.15, 0.2) is 79.1 Å². The van der Waals surface area contributed by atoms with E-state index in [1.165, 1.54) is 0 Å². The van der Waals surface area contributed by atoms with Crippen molar-refractivity contribution >= 4 is 11.6 Å². The van der Waals surface area contributed by atoms with Crippen molar-refractivity contribution in [1.29, 1.82) is 0 Å². The van der Waals surface area contributed by atoms with Gasteiger partial charge >= 0.3 is 0 Å². The monoisotopic (exact) mass is 332 g/mol. The van der Waals surface area contributed by atoms with E-state index in [1.54, 1.807) is 17.3 Å². The topological polar surface area (TPSA) is 42.4 Å². The number of hydrogen-bond acceptors (Lipinski definition) is 3. The SMILES string of the molecule is CCC(=O)N(Cc1cccnc1)c1ccc(Oc2ccccc2)cc1. The molecule has 0 saturated heterocycles. The van der Waals surface area contributed by atoms with Gasteiger partial charge in [-0.05, 0) is 48.0 Å². The van der Waals surface area contributed by atoms with Gasteiger partial charge in [-0.15, -0.1) is 0 Å². The van der Waals surface area contributed by atoms with Crippen LogP contribution in [0.4, 0.5) is 5.69 Å². The summed E-state index contributed by atoms with van der Waals surface area (Å²) in [5, 5.41) is 0. The Morgan fingerprint density at radius 1 is 0.960 bits per heavy atom. The molecule has 0 aliphatic carbocycles. The summed E-state index contributed by atoms with van der Waals surface area (Å²) in [5.74, 6) is 1.59. The second-order valence-corrected chi connectivity index (χ2v) is 5.60. The fourth-order valence-electron chi connectivity index (χ4n) is 2.51. The molecular weight excluding hydrogens is 312 g/mol. The summed E-state index contributed by atoms with van der Waals surface area (Å²) in [5.41, 5.74) is 1.84. The van der Waals surface area contributed by atoms with E-state index in [4.69, 9.17) is 4.74 Å². The highest BCUT2D eigenvalue weighted by Crippen LogP contribution is 2.25. The Morgan fingerprint density at radius 2 is 1.68 bits per heavy atom. The first kappa shape index (κ1) is 16.7. The molecule has 25 heavy (non-hydrogen) atoms. The second kappa shape index (κ2) is 8.11. The van der Waals surface area contributed by atoms with Gasteiger partial charge in [0.1, 0.15) is 11.5 Å². The van der Waals surface area contributed by atoms with Gasteiger partial charge in [-0.2, -0.15) is 0 Å². The molecule has 0 saturated carbocycles. The molecule has 2 aromatic carbocycles. The molecule has 0 atom stereocenters. The second-order valence-electron chi connectivity index (χ2n) is 5.60. The van der Waals surface area contributed by atoms with Gasteiger partial charge in [0.25, 0.3) is 0 Å². The molecule has 0 aliphatic heterocycles. The van der Waals surface area contributed by atoms with E-state index in [1.807, 2.05) is 73.7 Å². The van der Waals surface area contributed by atoms with Gasteiger partial charge in [-0.25, -0.2) is 0 Å². The smallest absolute Gasteiger partial charge is 0.227 e. The minimum atomic E-state index is 0.0700. The summed E-state index contributed by atoms with van der Waals surface area (Å²) in [6.07, 6.45) is 3.95.